The maximum atomic E-state index is 15.4. The second-order valence-electron chi connectivity index (χ2n) is 14.2. The van der Waals surface area contributed by atoms with Gasteiger partial charge in [-0.1, -0.05) is 25.0 Å². The van der Waals surface area contributed by atoms with Crippen LogP contribution in [0.3, 0.4) is 0 Å². The zero-order valence-corrected chi connectivity index (χ0v) is 33.0. The van der Waals surface area contributed by atoms with Gasteiger partial charge in [0.2, 0.25) is 12.7 Å². The molecule has 0 amide bonds. The number of nitro groups is 1. The summed E-state index contributed by atoms with van der Waals surface area (Å²) in [6.07, 6.45) is 0.631. The third kappa shape index (κ3) is 9.12. The molecule has 67 heavy (non-hydrogen) atoms. The third-order valence-corrected chi connectivity index (χ3v) is 10.3. The van der Waals surface area contributed by atoms with Gasteiger partial charge in [0.1, 0.15) is 52.7 Å². The Balaban J connectivity index is 0.000000319. The van der Waals surface area contributed by atoms with Crippen molar-refractivity contribution < 1.29 is 102 Å². The first-order chi connectivity index (χ1) is 31.5. The second-order valence-corrected chi connectivity index (χ2v) is 14.2. The highest BCUT2D eigenvalue weighted by Gasteiger charge is 2.52. The van der Waals surface area contributed by atoms with Gasteiger partial charge in [-0.15, -0.1) is 21.9 Å². The summed E-state index contributed by atoms with van der Waals surface area (Å²) >= 11 is 0. The van der Waals surface area contributed by atoms with Gasteiger partial charge >= 0.3 is 0 Å². The van der Waals surface area contributed by atoms with Crippen LogP contribution in [0.25, 0.3) is 10.9 Å². The summed E-state index contributed by atoms with van der Waals surface area (Å²) in [6, 6.07) is 12.2. The smallest absolute Gasteiger partial charge is 0.264 e. The minimum Gasteiger partial charge on any atom is -0.271 e. The molecule has 0 aliphatic heterocycles. The Hall–Kier alpha value is -6.63. The highest BCUT2D eigenvalue weighted by atomic mass is 19.2. The van der Waals surface area contributed by atoms with Crippen LogP contribution in [0.5, 0.6) is 0 Å². The molecule has 1 aromatic heterocycles. The number of hydrogen-bond donors (Lipinski definition) is 0. The minimum absolute atomic E-state index is 0.0980. The van der Waals surface area contributed by atoms with Crippen LogP contribution in [0, 0.1) is 126 Å². The number of pyridine rings is 1. The summed E-state index contributed by atoms with van der Waals surface area (Å²) in [5.74, 6) is -71.4. The molecule has 0 spiro atoms. The quantitative estimate of drug-likeness (QED) is 0.0160. The lowest BCUT2D eigenvalue weighted by Crippen LogP contribution is -2.81. The molecule has 6 aromatic rings. The summed E-state index contributed by atoms with van der Waals surface area (Å²) in [5, 5.41) is 11.4. The number of unbranched alkanes of at least 4 members (excludes halogenated alkanes) is 5. The number of fused-ring (bicyclic) bond motifs is 1. The predicted molar refractivity (Wildman–Crippen MR) is 194 cm³/mol. The van der Waals surface area contributed by atoms with E-state index in [2.05, 4.69) is 12.1 Å². The normalized spacial score (nSPS) is 11.6. The van der Waals surface area contributed by atoms with Crippen LogP contribution >= 0.6 is 0 Å². The van der Waals surface area contributed by atoms with Crippen LogP contribution in [0.4, 0.5) is 87.8 Å². The average molecular weight is 982 g/mol. The maximum Gasteiger partial charge on any atom is 0.264 e. The Bertz CT molecular complexity index is 2520. The molecule has 0 atom stereocenters. The van der Waals surface area contributed by atoms with Crippen molar-refractivity contribution in [3.05, 3.63) is 169 Å². The first-order valence-electron chi connectivity index (χ1n) is 18.9. The SMILES string of the molecule is Fc1c(F)c(F)c([B-](c2c(F)c(F)c(F)c(F)c2F)(c2c(F)c(F)c(F)c(F)c2F)c2c(F)c(F)c(F)c(F)c2F)c(F)c1F.O=[N+]([O-])CCCCCCCCO[n+]1cccc2ccccc21. The molecule has 0 aliphatic rings. The molecule has 5 aromatic carbocycles. The lowest BCUT2D eigenvalue weighted by molar-refractivity contribution is -0.871. The van der Waals surface area contributed by atoms with E-state index in [1.165, 1.54) is 0 Å². The van der Waals surface area contributed by atoms with Gasteiger partial charge in [-0.2, -0.15) is 0 Å². The van der Waals surface area contributed by atoms with Crippen molar-refractivity contribution in [2.24, 2.45) is 0 Å². The topological polar surface area (TPSA) is 56.3 Å². The monoisotopic (exact) mass is 982 g/mol. The Labute approximate surface area is 361 Å². The Morgan fingerprint density at radius 2 is 0.687 bits per heavy atom. The number of nitrogens with zero attached hydrogens (tertiary/aromatic N) is 2. The van der Waals surface area contributed by atoms with Crippen molar-refractivity contribution in [2.45, 2.75) is 38.5 Å². The number of benzene rings is 5. The van der Waals surface area contributed by atoms with E-state index in [-0.39, 0.29) is 11.5 Å². The standard InChI is InChI=1S/C24BF20.C17H23N2O3/c26-5-1(6(27)14(35)21(42)13(5)34)25(2-7(28)15(36)22(43)16(37)8(2)29,3-9(30)17(38)23(44)18(39)10(3)31)4-11(32)19(40)24(45)20(41)12(4)33;20-19(21)14-7-3-1-2-4-8-15-22-18-13-9-11-16-10-5-6-12-17(16)18/h;5-6,9-13H,1-4,7-8,14-15H2/q-1;+1. The molecule has 0 saturated heterocycles. The summed E-state index contributed by atoms with van der Waals surface area (Å²) in [7, 11) is 0. The highest BCUT2D eigenvalue weighted by molar-refractivity contribution is 7.20. The fourth-order valence-corrected chi connectivity index (χ4v) is 7.33. The van der Waals surface area contributed by atoms with Crippen LogP contribution in [0.15, 0.2) is 42.6 Å². The Morgan fingerprint density at radius 3 is 1.03 bits per heavy atom. The number of aromatic nitrogens is 1. The molecule has 26 heteroatoms. The van der Waals surface area contributed by atoms with E-state index in [9.17, 15) is 62.8 Å². The number of hydrogen-bond acceptors (Lipinski definition) is 3. The lowest BCUT2D eigenvalue weighted by atomic mass is 9.12. The molecule has 5 nitrogen and oxygen atoms in total. The first-order valence-corrected chi connectivity index (χ1v) is 18.9. The van der Waals surface area contributed by atoms with E-state index in [1.807, 2.05) is 35.2 Å². The number of rotatable bonds is 14. The van der Waals surface area contributed by atoms with E-state index in [0.717, 1.165) is 43.0 Å². The van der Waals surface area contributed by atoms with Gasteiger partial charge in [-0.05, 0) is 31.4 Å². The van der Waals surface area contributed by atoms with E-state index < -0.39 is 144 Å². The van der Waals surface area contributed by atoms with Crippen molar-refractivity contribution in [1.82, 2.24) is 0 Å². The lowest BCUT2D eigenvalue weighted by Gasteiger charge is -2.44. The molecule has 0 fully saturated rings. The van der Waals surface area contributed by atoms with Crippen LogP contribution in [-0.2, 0) is 0 Å². The minimum atomic E-state index is -7.22. The van der Waals surface area contributed by atoms with E-state index >= 15 is 35.1 Å². The van der Waals surface area contributed by atoms with E-state index in [4.69, 9.17) is 4.84 Å². The zero-order chi connectivity index (χ0) is 50.0. The van der Waals surface area contributed by atoms with Gasteiger partial charge in [0, 0.05) is 28.2 Å². The van der Waals surface area contributed by atoms with Crippen molar-refractivity contribution in [1.29, 1.82) is 0 Å². The van der Waals surface area contributed by atoms with Gasteiger partial charge in [-0.3, -0.25) is 15.0 Å². The zero-order valence-electron chi connectivity index (χ0n) is 33.0. The molecule has 358 valence electrons. The molecular weight excluding hydrogens is 959 g/mol. The van der Waals surface area contributed by atoms with Gasteiger partial charge in [0.15, 0.2) is 76.4 Å². The van der Waals surface area contributed by atoms with Crippen LogP contribution in [0.1, 0.15) is 38.5 Å². The number of para-hydroxylation sites is 1. The fourth-order valence-electron chi connectivity index (χ4n) is 7.33. The summed E-state index contributed by atoms with van der Waals surface area (Å²) in [5.41, 5.74) is -13.3. The van der Waals surface area contributed by atoms with E-state index in [0.29, 0.717) is 13.0 Å². The molecule has 1 heterocycles. The summed E-state index contributed by atoms with van der Waals surface area (Å²) < 4.78 is 296. The molecule has 0 radical (unpaired) electrons. The number of halogens is 20. The van der Waals surface area contributed by atoms with Crippen LogP contribution < -0.4 is 31.4 Å². The second kappa shape index (κ2) is 20.5. The molecule has 0 unspecified atom stereocenters. The summed E-state index contributed by atoms with van der Waals surface area (Å²) in [4.78, 5) is 15.8. The molecular formula is C41H23BF20N2O3. The largest absolute Gasteiger partial charge is 0.271 e. The van der Waals surface area contributed by atoms with Crippen molar-refractivity contribution >= 4 is 38.9 Å². The van der Waals surface area contributed by atoms with Crippen molar-refractivity contribution in [3.63, 3.8) is 0 Å². The molecule has 0 aliphatic carbocycles. The molecule has 0 bridgehead atoms. The Morgan fingerprint density at radius 1 is 0.403 bits per heavy atom. The molecule has 0 saturated carbocycles. The van der Waals surface area contributed by atoms with Gasteiger partial charge < -0.3 is 0 Å². The van der Waals surface area contributed by atoms with Gasteiger partial charge in [0.25, 0.3) is 5.52 Å². The summed E-state index contributed by atoms with van der Waals surface area (Å²) in [6.45, 7) is 0.786. The van der Waals surface area contributed by atoms with Crippen molar-refractivity contribution in [3.8, 4) is 0 Å². The van der Waals surface area contributed by atoms with Gasteiger partial charge in [0.05, 0.1) is 5.39 Å². The predicted octanol–water partition coefficient (Wildman–Crippen LogP) is 9.02. The maximum absolute atomic E-state index is 15.4. The van der Waals surface area contributed by atoms with Crippen LogP contribution in [-0.4, -0.2) is 24.2 Å². The molecule has 0 N–H and O–H groups in total. The molecule has 6 rings (SSSR count). The van der Waals surface area contributed by atoms with E-state index in [1.54, 1.807) is 0 Å². The highest BCUT2D eigenvalue weighted by Crippen LogP contribution is 2.31. The average Bonchev–Trinajstić information content (AvgIpc) is 3.31. The van der Waals surface area contributed by atoms with Gasteiger partial charge in [-0.25, -0.2) is 87.8 Å². The van der Waals surface area contributed by atoms with Crippen LogP contribution in [0.2, 0.25) is 0 Å². The Kier molecular flexibility index (Phi) is 15.7. The third-order valence-electron chi connectivity index (χ3n) is 10.3. The first kappa shape index (κ1) is 51.4. The fraction of sp³-hybridized carbons (Fsp3) is 0.195. The van der Waals surface area contributed by atoms with Crippen molar-refractivity contribution in [2.75, 3.05) is 13.2 Å².